The molecule has 28 heavy (non-hydrogen) atoms. The first kappa shape index (κ1) is 20.2. The van der Waals surface area contributed by atoms with Crippen molar-refractivity contribution in [3.63, 3.8) is 0 Å². The monoisotopic (exact) mass is 380 g/mol. The van der Waals surface area contributed by atoms with E-state index in [0.29, 0.717) is 6.42 Å². The minimum absolute atomic E-state index is 0.163. The Balaban J connectivity index is 1.48. The minimum Gasteiger partial charge on any atom is -0.497 e. The highest BCUT2D eigenvalue weighted by atomic mass is 16.5. The molecule has 0 N–H and O–H groups in total. The Morgan fingerprint density at radius 1 is 1.00 bits per heavy atom. The van der Waals surface area contributed by atoms with Crippen LogP contribution in [0.1, 0.15) is 38.3 Å². The topological polar surface area (TPSA) is 32.8 Å². The molecular formula is C24H32N2O2. The zero-order valence-electron chi connectivity index (χ0n) is 17.6. The highest BCUT2D eigenvalue weighted by molar-refractivity contribution is 5.76. The van der Waals surface area contributed by atoms with E-state index in [-0.39, 0.29) is 11.3 Å². The van der Waals surface area contributed by atoms with Gasteiger partial charge in [0, 0.05) is 44.4 Å². The summed E-state index contributed by atoms with van der Waals surface area (Å²) in [5.74, 6) is 1.12. The molecule has 1 aliphatic rings. The van der Waals surface area contributed by atoms with Gasteiger partial charge in [-0.15, -0.1) is 0 Å². The third-order valence-electron chi connectivity index (χ3n) is 5.50. The van der Waals surface area contributed by atoms with Crippen molar-refractivity contribution in [3.8, 4) is 5.75 Å². The van der Waals surface area contributed by atoms with Gasteiger partial charge < -0.3 is 14.5 Å². The summed E-state index contributed by atoms with van der Waals surface area (Å²) in [5.41, 5.74) is 3.88. The maximum absolute atomic E-state index is 12.6. The molecule has 2 aromatic carbocycles. The first-order chi connectivity index (χ1) is 13.4. The zero-order valence-corrected chi connectivity index (χ0v) is 17.6. The number of methoxy groups -OCH3 is 1. The van der Waals surface area contributed by atoms with Gasteiger partial charge in [0.05, 0.1) is 7.11 Å². The number of carbonyl (C=O) groups excluding carboxylic acids is 1. The Kier molecular flexibility index (Phi) is 6.28. The van der Waals surface area contributed by atoms with Crippen molar-refractivity contribution < 1.29 is 9.53 Å². The van der Waals surface area contributed by atoms with Gasteiger partial charge in [0.2, 0.25) is 5.91 Å². The van der Waals surface area contributed by atoms with E-state index in [0.717, 1.165) is 44.0 Å². The molecule has 0 bridgehead atoms. The van der Waals surface area contributed by atoms with Crippen molar-refractivity contribution in [3.05, 3.63) is 59.7 Å². The second-order valence-electron chi connectivity index (χ2n) is 8.52. The molecule has 0 saturated carbocycles. The predicted octanol–water partition coefficient (Wildman–Crippen LogP) is 4.27. The zero-order chi connectivity index (χ0) is 20.1. The number of ether oxygens (including phenoxy) is 1. The molecule has 3 rings (SSSR count). The fraction of sp³-hybridized carbons (Fsp3) is 0.458. The Labute approximate surface area is 169 Å². The summed E-state index contributed by atoms with van der Waals surface area (Å²) >= 11 is 0. The molecule has 0 spiro atoms. The van der Waals surface area contributed by atoms with E-state index in [2.05, 4.69) is 62.1 Å². The maximum Gasteiger partial charge on any atom is 0.223 e. The van der Waals surface area contributed by atoms with E-state index in [1.54, 1.807) is 7.11 Å². The van der Waals surface area contributed by atoms with Gasteiger partial charge in [0.15, 0.2) is 0 Å². The maximum atomic E-state index is 12.6. The van der Waals surface area contributed by atoms with Gasteiger partial charge in [-0.1, -0.05) is 51.1 Å². The molecule has 4 heteroatoms. The summed E-state index contributed by atoms with van der Waals surface area (Å²) in [5, 5.41) is 0. The Morgan fingerprint density at radius 3 is 2.29 bits per heavy atom. The lowest BCUT2D eigenvalue weighted by Crippen LogP contribution is -2.48. The Hall–Kier alpha value is -2.49. The van der Waals surface area contributed by atoms with Crippen LogP contribution in [0.15, 0.2) is 48.5 Å². The molecule has 1 heterocycles. The highest BCUT2D eigenvalue weighted by Gasteiger charge is 2.21. The van der Waals surface area contributed by atoms with Crippen molar-refractivity contribution in [1.82, 2.24) is 4.90 Å². The van der Waals surface area contributed by atoms with E-state index in [9.17, 15) is 4.79 Å². The molecule has 1 aliphatic heterocycles. The number of benzene rings is 2. The first-order valence-corrected chi connectivity index (χ1v) is 10.1. The van der Waals surface area contributed by atoms with Crippen molar-refractivity contribution in [2.45, 2.75) is 39.0 Å². The number of piperazine rings is 1. The molecule has 0 aliphatic carbocycles. The number of anilines is 1. The molecule has 2 aromatic rings. The van der Waals surface area contributed by atoms with Crippen molar-refractivity contribution in [2.75, 3.05) is 38.2 Å². The van der Waals surface area contributed by atoms with Crippen LogP contribution in [0.4, 0.5) is 5.69 Å². The standard InChI is InChI=1S/C24H32N2O2/c1-24(2,3)20-11-8-19(9-12-20)10-13-23(27)26-16-14-25(15-17-26)21-6-5-7-22(18-21)28-4/h5-9,11-12,18H,10,13-17H2,1-4H3. The SMILES string of the molecule is COc1cccc(N2CCN(C(=O)CCc3ccc(C(C)(C)C)cc3)CC2)c1. The Bertz CT molecular complexity index is 785. The largest absolute Gasteiger partial charge is 0.497 e. The molecular weight excluding hydrogens is 348 g/mol. The third kappa shape index (κ3) is 5.06. The fourth-order valence-electron chi connectivity index (χ4n) is 3.60. The quantitative estimate of drug-likeness (QED) is 0.776. The molecule has 150 valence electrons. The number of amides is 1. The van der Waals surface area contributed by atoms with Crippen LogP contribution in [0.2, 0.25) is 0 Å². The van der Waals surface area contributed by atoms with Crippen LogP contribution in [0.5, 0.6) is 5.75 Å². The number of rotatable bonds is 5. The highest BCUT2D eigenvalue weighted by Crippen LogP contribution is 2.23. The molecule has 1 amide bonds. The van der Waals surface area contributed by atoms with E-state index in [1.165, 1.54) is 11.1 Å². The average Bonchev–Trinajstić information content (AvgIpc) is 2.72. The normalized spacial score (nSPS) is 14.9. The van der Waals surface area contributed by atoms with E-state index >= 15 is 0 Å². The summed E-state index contributed by atoms with van der Waals surface area (Å²) < 4.78 is 5.31. The van der Waals surface area contributed by atoms with Crippen LogP contribution in [-0.2, 0) is 16.6 Å². The average molecular weight is 381 g/mol. The molecule has 1 fully saturated rings. The summed E-state index contributed by atoms with van der Waals surface area (Å²) in [6.45, 7) is 9.93. The number of carbonyl (C=O) groups is 1. The second-order valence-corrected chi connectivity index (χ2v) is 8.52. The molecule has 0 radical (unpaired) electrons. The molecule has 0 atom stereocenters. The summed E-state index contributed by atoms with van der Waals surface area (Å²) in [6, 6.07) is 16.8. The lowest BCUT2D eigenvalue weighted by Gasteiger charge is -2.36. The van der Waals surface area contributed by atoms with Gasteiger partial charge in [0.25, 0.3) is 0 Å². The number of hydrogen-bond donors (Lipinski definition) is 0. The number of nitrogens with zero attached hydrogens (tertiary/aromatic N) is 2. The van der Waals surface area contributed by atoms with Crippen LogP contribution in [-0.4, -0.2) is 44.1 Å². The predicted molar refractivity (Wildman–Crippen MR) is 115 cm³/mol. The number of hydrogen-bond acceptors (Lipinski definition) is 3. The summed E-state index contributed by atoms with van der Waals surface area (Å²) in [6.07, 6.45) is 1.38. The lowest BCUT2D eigenvalue weighted by atomic mass is 9.86. The van der Waals surface area contributed by atoms with Gasteiger partial charge >= 0.3 is 0 Å². The Morgan fingerprint density at radius 2 is 1.68 bits per heavy atom. The first-order valence-electron chi connectivity index (χ1n) is 10.1. The van der Waals surface area contributed by atoms with Crippen LogP contribution in [0, 0.1) is 0 Å². The summed E-state index contributed by atoms with van der Waals surface area (Å²) in [7, 11) is 1.69. The summed E-state index contributed by atoms with van der Waals surface area (Å²) in [4.78, 5) is 16.9. The van der Waals surface area contributed by atoms with Gasteiger partial charge in [0.1, 0.15) is 5.75 Å². The van der Waals surface area contributed by atoms with Crippen molar-refractivity contribution in [1.29, 1.82) is 0 Å². The third-order valence-corrected chi connectivity index (χ3v) is 5.50. The van der Waals surface area contributed by atoms with Crippen LogP contribution in [0.3, 0.4) is 0 Å². The van der Waals surface area contributed by atoms with Gasteiger partial charge in [-0.3, -0.25) is 4.79 Å². The molecule has 1 saturated heterocycles. The van der Waals surface area contributed by atoms with Crippen molar-refractivity contribution in [2.24, 2.45) is 0 Å². The van der Waals surface area contributed by atoms with Crippen molar-refractivity contribution >= 4 is 11.6 Å². The van der Waals surface area contributed by atoms with Crippen LogP contribution in [0.25, 0.3) is 0 Å². The lowest BCUT2D eigenvalue weighted by molar-refractivity contribution is -0.131. The minimum atomic E-state index is 0.163. The molecule has 0 aromatic heterocycles. The fourth-order valence-corrected chi connectivity index (χ4v) is 3.60. The van der Waals surface area contributed by atoms with Crippen LogP contribution < -0.4 is 9.64 Å². The number of aryl methyl sites for hydroxylation is 1. The molecule has 0 unspecified atom stereocenters. The van der Waals surface area contributed by atoms with E-state index < -0.39 is 0 Å². The second kappa shape index (κ2) is 8.68. The van der Waals surface area contributed by atoms with Gasteiger partial charge in [-0.25, -0.2) is 0 Å². The molecule has 4 nitrogen and oxygen atoms in total. The van der Waals surface area contributed by atoms with Gasteiger partial charge in [-0.2, -0.15) is 0 Å². The smallest absolute Gasteiger partial charge is 0.223 e. The van der Waals surface area contributed by atoms with E-state index in [1.807, 2.05) is 17.0 Å². The van der Waals surface area contributed by atoms with E-state index in [4.69, 9.17) is 4.74 Å². The van der Waals surface area contributed by atoms with Crippen LogP contribution >= 0.6 is 0 Å². The van der Waals surface area contributed by atoms with Gasteiger partial charge in [-0.05, 0) is 35.1 Å².